The first-order valence-electron chi connectivity index (χ1n) is 9.68. The van der Waals surface area contributed by atoms with Gasteiger partial charge in [0.15, 0.2) is 5.11 Å². The molecule has 6 nitrogen and oxygen atoms in total. The van der Waals surface area contributed by atoms with E-state index in [-0.39, 0.29) is 18.2 Å². The average Bonchev–Trinajstić information content (AvgIpc) is 3.14. The molecular weight excluding hydrogens is 382 g/mol. The lowest BCUT2D eigenvalue weighted by Gasteiger charge is -2.37. The zero-order valence-corrected chi connectivity index (χ0v) is 17.6. The minimum absolute atomic E-state index is 0.0335. The molecule has 0 aliphatic carbocycles. The highest BCUT2D eigenvalue weighted by Crippen LogP contribution is 2.29. The van der Waals surface area contributed by atoms with Crippen LogP contribution in [0.4, 0.5) is 5.69 Å². The van der Waals surface area contributed by atoms with Crippen molar-refractivity contribution in [3.8, 4) is 0 Å². The third-order valence-electron chi connectivity index (χ3n) is 5.31. The van der Waals surface area contributed by atoms with Gasteiger partial charge in [-0.05, 0) is 76.0 Å². The van der Waals surface area contributed by atoms with Crippen LogP contribution in [-0.2, 0) is 14.8 Å². The summed E-state index contributed by atoms with van der Waals surface area (Å²) in [6.07, 6.45) is 5.26. The summed E-state index contributed by atoms with van der Waals surface area (Å²) < 4.78 is 33.3. The second kappa shape index (κ2) is 8.86. The van der Waals surface area contributed by atoms with Gasteiger partial charge in [0.2, 0.25) is 10.0 Å². The van der Waals surface area contributed by atoms with E-state index in [4.69, 9.17) is 17.0 Å². The molecule has 0 amide bonds. The fourth-order valence-corrected chi connectivity index (χ4v) is 5.97. The van der Waals surface area contributed by atoms with Gasteiger partial charge in [-0.1, -0.05) is 6.42 Å². The normalized spacial score (nSPS) is 26.7. The van der Waals surface area contributed by atoms with Gasteiger partial charge in [-0.15, -0.1) is 0 Å². The van der Waals surface area contributed by atoms with Crippen molar-refractivity contribution in [3.05, 3.63) is 24.3 Å². The van der Waals surface area contributed by atoms with Crippen LogP contribution in [0, 0.1) is 0 Å². The molecule has 1 aromatic rings. The van der Waals surface area contributed by atoms with Gasteiger partial charge >= 0.3 is 0 Å². The van der Waals surface area contributed by atoms with Crippen molar-refractivity contribution in [3.63, 3.8) is 0 Å². The van der Waals surface area contributed by atoms with Crippen LogP contribution in [0.3, 0.4) is 0 Å². The highest BCUT2D eigenvalue weighted by Gasteiger charge is 2.35. The van der Waals surface area contributed by atoms with Crippen molar-refractivity contribution in [1.29, 1.82) is 0 Å². The topological polar surface area (TPSA) is 70.7 Å². The van der Waals surface area contributed by atoms with Gasteiger partial charge in [-0.25, -0.2) is 8.42 Å². The molecule has 0 bridgehead atoms. The summed E-state index contributed by atoms with van der Waals surface area (Å²) in [4.78, 5) is 0.326. The molecule has 2 heterocycles. The summed E-state index contributed by atoms with van der Waals surface area (Å²) >= 11 is 5.31. The Morgan fingerprint density at radius 1 is 1.15 bits per heavy atom. The molecule has 2 N–H and O–H groups in total. The number of sulfonamides is 1. The van der Waals surface area contributed by atoms with Crippen LogP contribution >= 0.6 is 12.2 Å². The molecule has 0 unspecified atom stereocenters. The number of nitrogens with zero attached hydrogens (tertiary/aromatic N) is 1. The van der Waals surface area contributed by atoms with E-state index in [0.29, 0.717) is 16.6 Å². The predicted octanol–water partition coefficient (Wildman–Crippen LogP) is 3.10. The second-order valence-corrected chi connectivity index (χ2v) is 9.71. The summed E-state index contributed by atoms with van der Waals surface area (Å²) in [6, 6.07) is 6.87. The van der Waals surface area contributed by atoms with Crippen LogP contribution in [-0.4, -0.2) is 49.2 Å². The maximum atomic E-state index is 13.0. The van der Waals surface area contributed by atoms with E-state index in [1.54, 1.807) is 28.6 Å². The van der Waals surface area contributed by atoms with Crippen LogP contribution in [0.15, 0.2) is 29.2 Å². The van der Waals surface area contributed by atoms with E-state index in [1.807, 2.05) is 13.8 Å². The first kappa shape index (κ1) is 20.5. The Balaban J connectivity index is 1.61. The molecule has 2 aliphatic heterocycles. The maximum absolute atomic E-state index is 13.0. The molecule has 0 saturated carbocycles. The smallest absolute Gasteiger partial charge is 0.243 e. The lowest BCUT2D eigenvalue weighted by atomic mass is 10.0. The van der Waals surface area contributed by atoms with Gasteiger partial charge in [0.1, 0.15) is 0 Å². The lowest BCUT2D eigenvalue weighted by Crippen LogP contribution is -2.47. The van der Waals surface area contributed by atoms with Gasteiger partial charge in [-0.2, -0.15) is 4.31 Å². The molecule has 3 atom stereocenters. The van der Waals surface area contributed by atoms with E-state index in [2.05, 4.69) is 10.6 Å². The number of hydrogen-bond donors (Lipinski definition) is 2. The molecule has 1 aromatic carbocycles. The van der Waals surface area contributed by atoms with E-state index in [0.717, 1.165) is 44.4 Å². The van der Waals surface area contributed by atoms with Crippen molar-refractivity contribution in [2.24, 2.45) is 0 Å². The zero-order chi connectivity index (χ0) is 19.4. The third-order valence-corrected chi connectivity index (χ3v) is 7.70. The van der Waals surface area contributed by atoms with Gasteiger partial charge < -0.3 is 15.4 Å². The van der Waals surface area contributed by atoms with E-state index in [9.17, 15) is 8.42 Å². The molecule has 0 aromatic heterocycles. The van der Waals surface area contributed by atoms with Crippen LogP contribution in [0.1, 0.15) is 46.0 Å². The Bertz CT molecular complexity index is 736. The highest BCUT2D eigenvalue weighted by atomic mass is 32.2. The van der Waals surface area contributed by atoms with Crippen LogP contribution in [0.5, 0.6) is 0 Å². The lowest BCUT2D eigenvalue weighted by molar-refractivity contribution is 0.114. The SMILES string of the molecule is C[C@@H]1CCC[C@@H](C)N1S(=O)(=O)c1ccc(NC(=S)NC[C@@H]2CCCO2)cc1. The van der Waals surface area contributed by atoms with Crippen molar-refractivity contribution < 1.29 is 13.2 Å². The molecular formula is C19H29N3O3S2. The highest BCUT2D eigenvalue weighted by molar-refractivity contribution is 7.89. The minimum atomic E-state index is -3.49. The Morgan fingerprint density at radius 3 is 2.41 bits per heavy atom. The number of ether oxygens (including phenoxy) is 1. The van der Waals surface area contributed by atoms with E-state index >= 15 is 0 Å². The summed E-state index contributed by atoms with van der Waals surface area (Å²) in [6.45, 7) is 5.47. The Hall–Kier alpha value is -1.22. The number of nitrogens with one attached hydrogen (secondary N) is 2. The van der Waals surface area contributed by atoms with Gasteiger partial charge in [0.05, 0.1) is 11.0 Å². The van der Waals surface area contributed by atoms with Crippen molar-refractivity contribution in [2.45, 2.75) is 69.0 Å². The largest absolute Gasteiger partial charge is 0.376 e. The first-order valence-corrected chi connectivity index (χ1v) is 11.5. The summed E-state index contributed by atoms with van der Waals surface area (Å²) in [5.74, 6) is 0. The molecule has 8 heteroatoms. The fourth-order valence-electron chi connectivity index (χ4n) is 3.89. The van der Waals surface area contributed by atoms with E-state index < -0.39 is 10.0 Å². The molecule has 2 aliphatic rings. The zero-order valence-electron chi connectivity index (χ0n) is 16.0. The Labute approximate surface area is 167 Å². The maximum Gasteiger partial charge on any atom is 0.243 e. The Morgan fingerprint density at radius 2 is 1.81 bits per heavy atom. The molecule has 2 saturated heterocycles. The van der Waals surface area contributed by atoms with E-state index in [1.165, 1.54) is 0 Å². The average molecular weight is 412 g/mol. The molecule has 2 fully saturated rings. The van der Waals surface area contributed by atoms with Gasteiger partial charge in [0, 0.05) is 30.9 Å². The summed E-state index contributed by atoms with van der Waals surface area (Å²) in [5.41, 5.74) is 0.763. The van der Waals surface area contributed by atoms with Crippen molar-refractivity contribution in [1.82, 2.24) is 9.62 Å². The molecule has 150 valence electrons. The monoisotopic (exact) mass is 411 g/mol. The predicted molar refractivity (Wildman–Crippen MR) is 111 cm³/mol. The third kappa shape index (κ3) is 4.99. The fraction of sp³-hybridized carbons (Fsp3) is 0.632. The number of thiocarbonyl (C=S) groups is 1. The first-order chi connectivity index (χ1) is 12.9. The van der Waals surface area contributed by atoms with Gasteiger partial charge in [-0.3, -0.25) is 0 Å². The van der Waals surface area contributed by atoms with Gasteiger partial charge in [0.25, 0.3) is 0 Å². The summed E-state index contributed by atoms with van der Waals surface area (Å²) in [5, 5.41) is 6.76. The van der Waals surface area contributed by atoms with Crippen molar-refractivity contribution in [2.75, 3.05) is 18.5 Å². The second-order valence-electron chi connectivity index (χ2n) is 7.46. The molecule has 27 heavy (non-hydrogen) atoms. The van der Waals surface area contributed by atoms with Crippen LogP contribution < -0.4 is 10.6 Å². The molecule has 3 rings (SSSR count). The molecule has 0 radical (unpaired) electrons. The number of rotatable bonds is 5. The van der Waals surface area contributed by atoms with Crippen LogP contribution in [0.25, 0.3) is 0 Å². The Kier molecular flexibility index (Phi) is 6.73. The number of hydrogen-bond acceptors (Lipinski definition) is 4. The minimum Gasteiger partial charge on any atom is -0.376 e. The number of anilines is 1. The van der Waals surface area contributed by atoms with Crippen LogP contribution in [0.2, 0.25) is 0 Å². The summed E-state index contributed by atoms with van der Waals surface area (Å²) in [7, 11) is -3.49. The van der Waals surface area contributed by atoms with Crippen molar-refractivity contribution >= 4 is 33.0 Å². The number of piperidine rings is 1. The number of benzene rings is 1. The quantitative estimate of drug-likeness (QED) is 0.726. The standard InChI is InChI=1S/C19H29N3O3S2/c1-14-5-3-6-15(2)22(14)27(23,24)18-10-8-16(9-11-18)21-19(26)20-13-17-7-4-12-25-17/h8-11,14-15,17H,3-7,12-13H2,1-2H3,(H2,20,21,26)/t14-,15-,17+/m1/s1. The molecule has 0 spiro atoms.